The van der Waals surface area contributed by atoms with Gasteiger partial charge in [-0.2, -0.15) is 0 Å². The van der Waals surface area contributed by atoms with E-state index in [9.17, 15) is 4.79 Å². The molecular weight excluding hydrogens is 216 g/mol. The Morgan fingerprint density at radius 3 is 2.76 bits per heavy atom. The number of ether oxygens (including phenoxy) is 1. The maximum atomic E-state index is 11.5. The highest BCUT2D eigenvalue weighted by atomic mass is 16.5. The Labute approximate surface area is 103 Å². The van der Waals surface area contributed by atoms with Crippen molar-refractivity contribution in [2.24, 2.45) is 11.8 Å². The number of hydrogen-bond donors (Lipinski definition) is 2. The third-order valence-corrected chi connectivity index (χ3v) is 3.49. The Bertz CT molecular complexity index is 250. The Kier molecular flexibility index (Phi) is 4.66. The van der Waals surface area contributed by atoms with Crippen LogP contribution in [0.1, 0.15) is 39.0 Å². The summed E-state index contributed by atoms with van der Waals surface area (Å²) in [6, 6.07) is 0.285. The number of amides is 2. The van der Waals surface area contributed by atoms with E-state index in [4.69, 9.17) is 4.74 Å². The number of hydrogen-bond acceptors (Lipinski definition) is 2. The van der Waals surface area contributed by atoms with Gasteiger partial charge in [0, 0.05) is 25.8 Å². The van der Waals surface area contributed by atoms with Crippen LogP contribution in [0.5, 0.6) is 0 Å². The number of rotatable bonds is 8. The van der Waals surface area contributed by atoms with Crippen LogP contribution in [0, 0.1) is 11.8 Å². The summed E-state index contributed by atoms with van der Waals surface area (Å²) in [5.74, 6) is 1.54. The normalized spacial score (nSPS) is 21.0. The Balaban J connectivity index is 1.39. The Morgan fingerprint density at radius 1 is 1.35 bits per heavy atom. The van der Waals surface area contributed by atoms with Crippen LogP contribution in [0.4, 0.5) is 4.79 Å². The molecule has 0 aromatic heterocycles. The molecule has 0 bridgehead atoms. The summed E-state index contributed by atoms with van der Waals surface area (Å²) in [5.41, 5.74) is 0. The Hall–Kier alpha value is -0.770. The molecule has 0 aromatic rings. The van der Waals surface area contributed by atoms with Crippen LogP contribution in [0.3, 0.4) is 0 Å². The molecule has 0 aromatic carbocycles. The molecule has 0 saturated heterocycles. The lowest BCUT2D eigenvalue weighted by Gasteiger charge is -2.13. The van der Waals surface area contributed by atoms with Crippen molar-refractivity contribution >= 4 is 6.03 Å². The summed E-state index contributed by atoms with van der Waals surface area (Å²) in [7, 11) is 0. The van der Waals surface area contributed by atoms with E-state index in [0.717, 1.165) is 25.6 Å². The van der Waals surface area contributed by atoms with E-state index < -0.39 is 0 Å². The molecule has 98 valence electrons. The van der Waals surface area contributed by atoms with E-state index >= 15 is 0 Å². The fourth-order valence-corrected chi connectivity index (χ4v) is 1.88. The van der Waals surface area contributed by atoms with E-state index in [2.05, 4.69) is 17.6 Å². The van der Waals surface area contributed by atoms with Crippen LogP contribution in [-0.4, -0.2) is 31.8 Å². The minimum atomic E-state index is -0.0356. The number of carbonyl (C=O) groups is 1. The third-order valence-electron chi connectivity index (χ3n) is 3.49. The first-order chi connectivity index (χ1) is 8.25. The van der Waals surface area contributed by atoms with Crippen molar-refractivity contribution < 1.29 is 9.53 Å². The van der Waals surface area contributed by atoms with E-state index in [1.54, 1.807) is 0 Å². The molecule has 0 heterocycles. The number of nitrogens with one attached hydrogen (secondary N) is 2. The van der Waals surface area contributed by atoms with Gasteiger partial charge in [-0.05, 0) is 50.9 Å². The molecule has 1 atom stereocenters. The van der Waals surface area contributed by atoms with Gasteiger partial charge < -0.3 is 15.4 Å². The zero-order valence-electron chi connectivity index (χ0n) is 10.7. The van der Waals surface area contributed by atoms with E-state index in [0.29, 0.717) is 18.5 Å². The molecule has 4 nitrogen and oxygen atoms in total. The van der Waals surface area contributed by atoms with Gasteiger partial charge in [-0.3, -0.25) is 0 Å². The highest BCUT2D eigenvalue weighted by Crippen LogP contribution is 2.32. The predicted molar refractivity (Wildman–Crippen MR) is 66.9 cm³/mol. The maximum absolute atomic E-state index is 11.5. The quantitative estimate of drug-likeness (QED) is 0.637. The van der Waals surface area contributed by atoms with E-state index in [1.165, 1.54) is 25.7 Å². The molecule has 2 saturated carbocycles. The maximum Gasteiger partial charge on any atom is 0.315 e. The second-order valence-electron chi connectivity index (χ2n) is 5.40. The largest absolute Gasteiger partial charge is 0.381 e. The monoisotopic (exact) mass is 240 g/mol. The summed E-state index contributed by atoms with van der Waals surface area (Å²) in [5, 5.41) is 5.84. The lowest BCUT2D eigenvalue weighted by Crippen LogP contribution is -2.42. The van der Waals surface area contributed by atoms with Crippen LogP contribution in [0.15, 0.2) is 0 Å². The smallest absolute Gasteiger partial charge is 0.315 e. The summed E-state index contributed by atoms with van der Waals surface area (Å²) in [4.78, 5) is 11.5. The fraction of sp³-hybridized carbons (Fsp3) is 0.923. The summed E-state index contributed by atoms with van der Waals surface area (Å²) < 4.78 is 5.50. The first-order valence-corrected chi connectivity index (χ1v) is 6.88. The molecule has 0 radical (unpaired) electrons. The van der Waals surface area contributed by atoms with Crippen molar-refractivity contribution in [3.63, 3.8) is 0 Å². The second kappa shape index (κ2) is 6.24. The highest BCUT2D eigenvalue weighted by molar-refractivity contribution is 5.74. The van der Waals surface area contributed by atoms with Crippen molar-refractivity contribution in [3.05, 3.63) is 0 Å². The average Bonchev–Trinajstić information content (AvgIpc) is 3.17. The molecule has 2 amide bonds. The number of carbonyl (C=O) groups excluding carboxylic acids is 1. The van der Waals surface area contributed by atoms with Gasteiger partial charge in [-0.25, -0.2) is 4.79 Å². The Morgan fingerprint density at radius 2 is 2.12 bits per heavy atom. The molecular formula is C13H24N2O2. The van der Waals surface area contributed by atoms with Crippen LogP contribution < -0.4 is 10.6 Å². The van der Waals surface area contributed by atoms with Gasteiger partial charge in [0.25, 0.3) is 0 Å². The van der Waals surface area contributed by atoms with Crippen LogP contribution in [0.25, 0.3) is 0 Å². The standard InChI is InChI=1S/C13H24N2O2/c1-10(12-5-6-12)15-13(16)14-7-2-8-17-9-11-3-4-11/h10-12H,2-9H2,1H3,(H2,14,15,16). The van der Waals surface area contributed by atoms with Gasteiger partial charge in [0.1, 0.15) is 0 Å². The van der Waals surface area contributed by atoms with Gasteiger partial charge in [0.2, 0.25) is 0 Å². The van der Waals surface area contributed by atoms with Crippen molar-refractivity contribution in [2.75, 3.05) is 19.8 Å². The van der Waals surface area contributed by atoms with Gasteiger partial charge >= 0.3 is 6.03 Å². The molecule has 2 rings (SSSR count). The third kappa shape index (κ3) is 5.39. The molecule has 0 aliphatic heterocycles. The van der Waals surface area contributed by atoms with E-state index in [-0.39, 0.29) is 6.03 Å². The van der Waals surface area contributed by atoms with Gasteiger partial charge in [-0.1, -0.05) is 0 Å². The lowest BCUT2D eigenvalue weighted by molar-refractivity contribution is 0.122. The number of urea groups is 1. The minimum Gasteiger partial charge on any atom is -0.381 e. The SMILES string of the molecule is CC(NC(=O)NCCCOCC1CC1)C1CC1. The van der Waals surface area contributed by atoms with E-state index in [1.807, 2.05) is 0 Å². The van der Waals surface area contributed by atoms with Crippen molar-refractivity contribution in [2.45, 2.75) is 45.1 Å². The van der Waals surface area contributed by atoms with Crippen molar-refractivity contribution in [3.8, 4) is 0 Å². The molecule has 17 heavy (non-hydrogen) atoms. The fourth-order valence-electron chi connectivity index (χ4n) is 1.88. The molecule has 2 N–H and O–H groups in total. The predicted octanol–water partition coefficient (Wildman–Crippen LogP) is 1.90. The molecule has 1 unspecified atom stereocenters. The average molecular weight is 240 g/mol. The lowest BCUT2D eigenvalue weighted by atomic mass is 10.2. The van der Waals surface area contributed by atoms with Crippen LogP contribution >= 0.6 is 0 Å². The van der Waals surface area contributed by atoms with Gasteiger partial charge in [-0.15, -0.1) is 0 Å². The minimum absolute atomic E-state index is 0.0356. The van der Waals surface area contributed by atoms with Crippen molar-refractivity contribution in [1.29, 1.82) is 0 Å². The zero-order chi connectivity index (χ0) is 12.1. The highest BCUT2D eigenvalue weighted by Gasteiger charge is 2.28. The van der Waals surface area contributed by atoms with Crippen LogP contribution in [-0.2, 0) is 4.74 Å². The molecule has 4 heteroatoms. The molecule has 2 aliphatic carbocycles. The summed E-state index contributed by atoms with van der Waals surface area (Å²) >= 11 is 0. The molecule has 2 fully saturated rings. The van der Waals surface area contributed by atoms with Crippen LogP contribution in [0.2, 0.25) is 0 Å². The molecule has 2 aliphatic rings. The zero-order valence-corrected chi connectivity index (χ0v) is 10.7. The summed E-state index contributed by atoms with van der Waals surface area (Å²) in [6.45, 7) is 4.45. The first kappa shape index (κ1) is 12.7. The molecule has 0 spiro atoms. The van der Waals surface area contributed by atoms with Gasteiger partial charge in [0.05, 0.1) is 0 Å². The second-order valence-corrected chi connectivity index (χ2v) is 5.40. The summed E-state index contributed by atoms with van der Waals surface area (Å²) in [6.07, 6.45) is 6.09. The van der Waals surface area contributed by atoms with Crippen molar-refractivity contribution in [1.82, 2.24) is 10.6 Å². The van der Waals surface area contributed by atoms with Gasteiger partial charge in [0.15, 0.2) is 0 Å². The first-order valence-electron chi connectivity index (χ1n) is 6.88. The topological polar surface area (TPSA) is 50.4 Å².